The van der Waals surface area contributed by atoms with E-state index in [1.54, 1.807) is 31.4 Å². The number of carbonyl (C=O) groups excluding carboxylic acids is 1. The second-order valence-corrected chi connectivity index (χ2v) is 6.30. The lowest BCUT2D eigenvalue weighted by atomic mass is 10.1. The molecule has 0 saturated carbocycles. The summed E-state index contributed by atoms with van der Waals surface area (Å²) < 4.78 is 16.9. The van der Waals surface area contributed by atoms with E-state index >= 15 is 0 Å². The number of rotatable bonds is 5. The van der Waals surface area contributed by atoms with Gasteiger partial charge in [-0.1, -0.05) is 36.4 Å². The molecule has 0 saturated heterocycles. The molecule has 0 bridgehead atoms. The molecule has 3 aromatic rings. The van der Waals surface area contributed by atoms with Crippen LogP contribution in [0.1, 0.15) is 21.5 Å². The molecule has 0 aromatic heterocycles. The largest absolute Gasteiger partial charge is 0.508 e. The number of hydrogen-bond donors (Lipinski definition) is 1. The van der Waals surface area contributed by atoms with Gasteiger partial charge in [0, 0.05) is 6.07 Å². The molecule has 28 heavy (non-hydrogen) atoms. The van der Waals surface area contributed by atoms with Crippen molar-refractivity contribution in [3.63, 3.8) is 0 Å². The summed E-state index contributed by atoms with van der Waals surface area (Å²) in [6.45, 7) is 0.429. The van der Waals surface area contributed by atoms with Crippen molar-refractivity contribution >= 4 is 11.9 Å². The highest BCUT2D eigenvalue weighted by molar-refractivity contribution is 6.14. The molecule has 0 aliphatic carbocycles. The Labute approximate surface area is 162 Å². The first kappa shape index (κ1) is 17.7. The standard InChI is InChI=1S/C23H18O5/c1-26-21-11-16(7-10-19(21)27-14-15-5-3-2-4-6-15)12-22-23(25)18-9-8-17(24)13-20(18)28-22/h2-13,24H,14H2,1H3/b22-12-. The van der Waals surface area contributed by atoms with E-state index in [0.717, 1.165) is 11.1 Å². The third-order valence-electron chi connectivity index (χ3n) is 4.38. The Morgan fingerprint density at radius 1 is 1.00 bits per heavy atom. The van der Waals surface area contributed by atoms with E-state index in [1.165, 1.54) is 12.1 Å². The first-order valence-electron chi connectivity index (χ1n) is 8.76. The maximum absolute atomic E-state index is 12.5. The summed E-state index contributed by atoms with van der Waals surface area (Å²) in [4.78, 5) is 12.5. The molecule has 4 rings (SSSR count). The molecule has 0 radical (unpaired) electrons. The van der Waals surface area contributed by atoms with Crippen LogP contribution in [0.2, 0.25) is 0 Å². The molecule has 5 heteroatoms. The fourth-order valence-electron chi connectivity index (χ4n) is 2.96. The Bertz CT molecular complexity index is 1050. The van der Waals surface area contributed by atoms with Gasteiger partial charge >= 0.3 is 0 Å². The third kappa shape index (κ3) is 3.55. The number of fused-ring (bicyclic) bond motifs is 1. The first-order valence-corrected chi connectivity index (χ1v) is 8.76. The predicted molar refractivity (Wildman–Crippen MR) is 105 cm³/mol. The smallest absolute Gasteiger partial charge is 0.231 e. The van der Waals surface area contributed by atoms with Crippen LogP contribution in [0, 0.1) is 0 Å². The number of methoxy groups -OCH3 is 1. The molecule has 1 heterocycles. The molecule has 1 N–H and O–H groups in total. The molecule has 5 nitrogen and oxygen atoms in total. The molecular formula is C23H18O5. The number of allylic oxidation sites excluding steroid dienone is 1. The summed E-state index contributed by atoms with van der Waals surface area (Å²) >= 11 is 0. The fraction of sp³-hybridized carbons (Fsp3) is 0.0870. The number of ether oxygens (including phenoxy) is 3. The number of hydrogen-bond acceptors (Lipinski definition) is 5. The third-order valence-corrected chi connectivity index (χ3v) is 4.38. The minimum absolute atomic E-state index is 0.0504. The second kappa shape index (κ2) is 7.48. The van der Waals surface area contributed by atoms with E-state index < -0.39 is 0 Å². The molecule has 3 aromatic carbocycles. The minimum Gasteiger partial charge on any atom is -0.508 e. The molecule has 140 valence electrons. The van der Waals surface area contributed by atoms with Crippen LogP contribution in [0.25, 0.3) is 6.08 Å². The van der Waals surface area contributed by atoms with Gasteiger partial charge in [-0.05, 0) is 41.5 Å². The van der Waals surface area contributed by atoms with Crippen molar-refractivity contribution in [2.24, 2.45) is 0 Å². The van der Waals surface area contributed by atoms with Crippen molar-refractivity contribution in [1.29, 1.82) is 0 Å². The number of carbonyl (C=O) groups is 1. The van der Waals surface area contributed by atoms with Gasteiger partial charge in [-0.3, -0.25) is 4.79 Å². The highest BCUT2D eigenvalue weighted by Gasteiger charge is 2.27. The zero-order valence-corrected chi connectivity index (χ0v) is 15.2. The number of benzene rings is 3. The Morgan fingerprint density at radius 3 is 2.61 bits per heavy atom. The Morgan fingerprint density at radius 2 is 1.82 bits per heavy atom. The summed E-state index contributed by atoms with van der Waals surface area (Å²) in [5.41, 5.74) is 2.23. The van der Waals surface area contributed by atoms with E-state index in [2.05, 4.69) is 0 Å². The summed E-state index contributed by atoms with van der Waals surface area (Å²) in [5.74, 6) is 1.55. The lowest BCUT2D eigenvalue weighted by molar-refractivity contribution is 0.101. The monoisotopic (exact) mass is 374 g/mol. The summed E-state index contributed by atoms with van der Waals surface area (Å²) in [6, 6.07) is 19.7. The van der Waals surface area contributed by atoms with Gasteiger partial charge in [0.15, 0.2) is 17.3 Å². The topological polar surface area (TPSA) is 65.0 Å². The average molecular weight is 374 g/mol. The maximum atomic E-state index is 12.5. The number of Topliss-reactive ketones (excluding diaryl/α,β-unsaturated/α-hetero) is 1. The number of ketones is 1. The second-order valence-electron chi connectivity index (χ2n) is 6.30. The average Bonchev–Trinajstić information content (AvgIpc) is 3.02. The van der Waals surface area contributed by atoms with Crippen molar-refractivity contribution in [2.75, 3.05) is 7.11 Å². The molecule has 0 fully saturated rings. The maximum Gasteiger partial charge on any atom is 0.231 e. The Kier molecular flexibility index (Phi) is 4.72. The Balaban J connectivity index is 1.55. The van der Waals surface area contributed by atoms with Crippen molar-refractivity contribution in [3.8, 4) is 23.0 Å². The van der Waals surface area contributed by atoms with Gasteiger partial charge in [-0.2, -0.15) is 0 Å². The predicted octanol–water partition coefficient (Wildman–Crippen LogP) is 4.60. The highest BCUT2D eigenvalue weighted by atomic mass is 16.5. The van der Waals surface area contributed by atoms with Gasteiger partial charge in [-0.15, -0.1) is 0 Å². The molecule has 0 atom stereocenters. The number of phenols is 1. The van der Waals surface area contributed by atoms with Gasteiger partial charge in [0.05, 0.1) is 12.7 Å². The summed E-state index contributed by atoms with van der Waals surface area (Å²) in [5, 5.41) is 9.55. The van der Waals surface area contributed by atoms with E-state index in [-0.39, 0.29) is 17.3 Å². The van der Waals surface area contributed by atoms with E-state index in [1.807, 2.05) is 36.4 Å². The molecule has 1 aliphatic rings. The van der Waals surface area contributed by atoms with Gasteiger partial charge in [0.1, 0.15) is 18.1 Å². The lowest BCUT2D eigenvalue weighted by Gasteiger charge is -2.11. The minimum atomic E-state index is -0.224. The first-order chi connectivity index (χ1) is 13.6. The van der Waals surface area contributed by atoms with E-state index in [9.17, 15) is 9.90 Å². The van der Waals surface area contributed by atoms with Gasteiger partial charge in [-0.25, -0.2) is 0 Å². The van der Waals surface area contributed by atoms with Gasteiger partial charge < -0.3 is 19.3 Å². The van der Waals surface area contributed by atoms with Crippen molar-refractivity contribution in [1.82, 2.24) is 0 Å². The quantitative estimate of drug-likeness (QED) is 0.662. The SMILES string of the molecule is COc1cc(/C=C2\Oc3cc(O)ccc3C2=O)ccc1OCc1ccccc1. The molecule has 1 aliphatic heterocycles. The van der Waals surface area contributed by atoms with Crippen LogP contribution >= 0.6 is 0 Å². The van der Waals surface area contributed by atoms with Crippen molar-refractivity contribution in [2.45, 2.75) is 6.61 Å². The van der Waals surface area contributed by atoms with Crippen LogP contribution in [0.3, 0.4) is 0 Å². The zero-order chi connectivity index (χ0) is 19.5. The van der Waals surface area contributed by atoms with E-state index in [4.69, 9.17) is 14.2 Å². The Hall–Kier alpha value is -3.73. The van der Waals surface area contributed by atoms with Crippen LogP contribution in [0.5, 0.6) is 23.0 Å². The van der Waals surface area contributed by atoms with Crippen LogP contribution in [0.4, 0.5) is 0 Å². The van der Waals surface area contributed by atoms with Crippen molar-refractivity contribution < 1.29 is 24.1 Å². The van der Waals surface area contributed by atoms with E-state index in [0.29, 0.717) is 29.4 Å². The number of aromatic hydroxyl groups is 1. The highest BCUT2D eigenvalue weighted by Crippen LogP contribution is 2.35. The number of phenolic OH excluding ortho intramolecular Hbond substituents is 1. The van der Waals surface area contributed by atoms with Crippen LogP contribution < -0.4 is 14.2 Å². The lowest BCUT2D eigenvalue weighted by Crippen LogP contribution is -1.99. The van der Waals surface area contributed by atoms with Crippen LogP contribution in [-0.2, 0) is 6.61 Å². The molecule has 0 spiro atoms. The zero-order valence-electron chi connectivity index (χ0n) is 15.2. The molecule has 0 amide bonds. The van der Waals surface area contributed by atoms with Gasteiger partial charge in [0.2, 0.25) is 5.78 Å². The molecule has 0 unspecified atom stereocenters. The summed E-state index contributed by atoms with van der Waals surface area (Å²) in [6.07, 6.45) is 1.64. The van der Waals surface area contributed by atoms with Crippen molar-refractivity contribution in [3.05, 3.63) is 89.2 Å². The normalized spacial score (nSPS) is 13.9. The van der Waals surface area contributed by atoms with Gasteiger partial charge in [0.25, 0.3) is 0 Å². The fourth-order valence-corrected chi connectivity index (χ4v) is 2.96. The van der Waals surface area contributed by atoms with Crippen LogP contribution in [-0.4, -0.2) is 18.0 Å². The summed E-state index contributed by atoms with van der Waals surface area (Å²) in [7, 11) is 1.57. The molecular weight excluding hydrogens is 356 g/mol. The van der Waals surface area contributed by atoms with Crippen LogP contribution in [0.15, 0.2) is 72.5 Å².